The summed E-state index contributed by atoms with van der Waals surface area (Å²) >= 11 is 0. The lowest BCUT2D eigenvalue weighted by atomic mass is 10.0. The van der Waals surface area contributed by atoms with E-state index in [-0.39, 0.29) is 0 Å². The summed E-state index contributed by atoms with van der Waals surface area (Å²) in [5, 5.41) is 4.34. The molecule has 0 bridgehead atoms. The Morgan fingerprint density at radius 2 is 1.41 bits per heavy atom. The Labute approximate surface area is 127 Å². The van der Waals surface area contributed by atoms with Crippen LogP contribution >= 0.6 is 0 Å². The lowest BCUT2D eigenvalue weighted by Crippen LogP contribution is -1.98. The van der Waals surface area contributed by atoms with E-state index in [1.807, 2.05) is 54.6 Å². The fraction of sp³-hybridized carbons (Fsp3) is 0. The molecule has 4 heteroatoms. The highest BCUT2D eigenvalue weighted by atomic mass is 15.3. The Hall–Kier alpha value is -3.14. The van der Waals surface area contributed by atoms with Gasteiger partial charge in [-0.3, -0.25) is 0 Å². The third-order valence-corrected chi connectivity index (χ3v) is 3.69. The fourth-order valence-electron chi connectivity index (χ4n) is 2.69. The van der Waals surface area contributed by atoms with Crippen molar-refractivity contribution in [2.45, 2.75) is 0 Å². The number of nitrogen functional groups attached to an aromatic ring is 1. The third kappa shape index (κ3) is 1.93. The molecule has 2 heterocycles. The van der Waals surface area contributed by atoms with Gasteiger partial charge in [0.15, 0.2) is 0 Å². The molecule has 0 spiro atoms. The number of hydrogen-bond donors (Lipinski definition) is 1. The number of imidazole rings is 1. The van der Waals surface area contributed by atoms with Gasteiger partial charge in [0.05, 0.1) is 0 Å². The Bertz CT molecular complexity index is 927. The van der Waals surface area contributed by atoms with Gasteiger partial charge >= 0.3 is 0 Å². The number of fused-ring (bicyclic) bond motifs is 1. The van der Waals surface area contributed by atoms with Crippen LogP contribution in [0.1, 0.15) is 0 Å². The van der Waals surface area contributed by atoms with Crippen molar-refractivity contribution in [2.24, 2.45) is 0 Å². The minimum Gasteiger partial charge on any atom is -0.368 e. The number of anilines is 1. The minimum absolute atomic E-state index is 0.395. The first kappa shape index (κ1) is 12.6. The first-order chi connectivity index (χ1) is 10.8. The maximum absolute atomic E-state index is 6.05. The molecule has 4 aromatic rings. The maximum Gasteiger partial charge on any atom is 0.222 e. The molecule has 0 saturated heterocycles. The highest BCUT2D eigenvalue weighted by Crippen LogP contribution is 2.32. The maximum atomic E-state index is 6.05. The second-order valence-corrected chi connectivity index (χ2v) is 5.06. The zero-order chi connectivity index (χ0) is 14.9. The van der Waals surface area contributed by atoms with Crippen LogP contribution in [0.4, 0.5) is 5.95 Å². The summed E-state index contributed by atoms with van der Waals surface area (Å²) in [6, 6.07) is 22.2. The minimum atomic E-state index is 0.395. The van der Waals surface area contributed by atoms with Crippen LogP contribution in [0.2, 0.25) is 0 Å². The summed E-state index contributed by atoms with van der Waals surface area (Å²) in [7, 11) is 0. The average Bonchev–Trinajstić information content (AvgIpc) is 2.94. The normalized spacial score (nSPS) is 10.9. The summed E-state index contributed by atoms with van der Waals surface area (Å²) in [6.45, 7) is 0. The van der Waals surface area contributed by atoms with Crippen LogP contribution in [-0.2, 0) is 0 Å². The van der Waals surface area contributed by atoms with Gasteiger partial charge in [-0.25, -0.2) is 4.98 Å². The predicted octanol–water partition coefficient (Wildman–Crippen LogP) is 3.65. The van der Waals surface area contributed by atoms with Crippen LogP contribution in [0.3, 0.4) is 0 Å². The zero-order valence-electron chi connectivity index (χ0n) is 11.8. The summed E-state index contributed by atoms with van der Waals surface area (Å²) < 4.78 is 1.70. The van der Waals surface area contributed by atoms with E-state index in [9.17, 15) is 0 Å². The molecule has 2 aromatic heterocycles. The lowest BCUT2D eigenvalue weighted by Gasteiger charge is -2.06. The Kier molecular flexibility index (Phi) is 2.86. The van der Waals surface area contributed by atoms with Gasteiger partial charge in [0.2, 0.25) is 5.95 Å². The van der Waals surface area contributed by atoms with E-state index in [2.05, 4.69) is 22.2 Å². The molecular weight excluding hydrogens is 272 g/mol. The fourth-order valence-corrected chi connectivity index (χ4v) is 2.69. The monoisotopic (exact) mass is 286 g/mol. The van der Waals surface area contributed by atoms with Crippen molar-refractivity contribution in [1.29, 1.82) is 0 Å². The third-order valence-electron chi connectivity index (χ3n) is 3.69. The van der Waals surface area contributed by atoms with Gasteiger partial charge in [-0.1, -0.05) is 60.7 Å². The topological polar surface area (TPSA) is 56.2 Å². The SMILES string of the molecule is Nc1nc(-c2ccccc2)c2c(-c3ccccc3)ccnn12. The number of nitrogens with zero attached hydrogens (tertiary/aromatic N) is 3. The van der Waals surface area contributed by atoms with Gasteiger partial charge in [-0.05, 0) is 11.6 Å². The number of rotatable bonds is 2. The smallest absolute Gasteiger partial charge is 0.222 e. The summed E-state index contributed by atoms with van der Waals surface area (Å²) in [5.74, 6) is 0.395. The summed E-state index contributed by atoms with van der Waals surface area (Å²) in [4.78, 5) is 4.52. The Morgan fingerprint density at radius 3 is 2.09 bits per heavy atom. The molecule has 0 unspecified atom stereocenters. The largest absolute Gasteiger partial charge is 0.368 e. The summed E-state index contributed by atoms with van der Waals surface area (Å²) in [6.07, 6.45) is 1.75. The highest BCUT2D eigenvalue weighted by Gasteiger charge is 2.16. The van der Waals surface area contributed by atoms with Crippen LogP contribution in [0.15, 0.2) is 72.9 Å². The molecule has 106 valence electrons. The quantitative estimate of drug-likeness (QED) is 0.612. The van der Waals surface area contributed by atoms with Crippen molar-refractivity contribution < 1.29 is 0 Å². The van der Waals surface area contributed by atoms with Crippen LogP contribution in [0.5, 0.6) is 0 Å². The first-order valence-corrected chi connectivity index (χ1v) is 7.08. The second kappa shape index (κ2) is 5.00. The predicted molar refractivity (Wildman–Crippen MR) is 88.3 cm³/mol. The molecule has 4 nitrogen and oxygen atoms in total. The van der Waals surface area contributed by atoms with Crippen molar-refractivity contribution in [3.05, 3.63) is 72.9 Å². The van der Waals surface area contributed by atoms with E-state index in [1.54, 1.807) is 10.7 Å². The molecule has 0 saturated carbocycles. The van der Waals surface area contributed by atoms with Gasteiger partial charge in [0, 0.05) is 17.3 Å². The molecule has 4 rings (SSSR count). The van der Waals surface area contributed by atoms with Crippen molar-refractivity contribution in [2.75, 3.05) is 5.73 Å². The van der Waals surface area contributed by atoms with Gasteiger partial charge in [-0.2, -0.15) is 9.61 Å². The van der Waals surface area contributed by atoms with E-state index in [4.69, 9.17) is 5.73 Å². The molecule has 2 aromatic carbocycles. The lowest BCUT2D eigenvalue weighted by molar-refractivity contribution is 0.941. The second-order valence-electron chi connectivity index (χ2n) is 5.06. The number of nitrogens with two attached hydrogens (primary N) is 1. The average molecular weight is 286 g/mol. The zero-order valence-corrected chi connectivity index (χ0v) is 11.8. The number of aromatic nitrogens is 3. The van der Waals surface area contributed by atoms with Crippen molar-refractivity contribution in [3.63, 3.8) is 0 Å². The standard InChI is InChI=1S/C18H14N4/c19-18-21-16(14-9-5-2-6-10-14)17-15(11-12-20-22(17)18)13-7-3-1-4-8-13/h1-12H,(H2,19,21). The van der Waals surface area contributed by atoms with E-state index in [0.717, 1.165) is 27.9 Å². The van der Waals surface area contributed by atoms with Crippen molar-refractivity contribution in [1.82, 2.24) is 14.6 Å². The van der Waals surface area contributed by atoms with Crippen molar-refractivity contribution >= 4 is 11.5 Å². The molecule has 0 radical (unpaired) electrons. The first-order valence-electron chi connectivity index (χ1n) is 7.08. The summed E-state index contributed by atoms with van der Waals surface area (Å²) in [5.41, 5.74) is 11.0. The van der Waals surface area contributed by atoms with Crippen LogP contribution in [0, 0.1) is 0 Å². The van der Waals surface area contributed by atoms with Gasteiger partial charge in [0.25, 0.3) is 0 Å². The molecule has 0 aliphatic heterocycles. The molecule has 0 atom stereocenters. The highest BCUT2D eigenvalue weighted by molar-refractivity contribution is 5.92. The molecule has 0 aliphatic carbocycles. The van der Waals surface area contributed by atoms with E-state index in [0.29, 0.717) is 5.95 Å². The van der Waals surface area contributed by atoms with E-state index in [1.165, 1.54) is 0 Å². The number of benzene rings is 2. The van der Waals surface area contributed by atoms with Crippen LogP contribution in [0.25, 0.3) is 27.9 Å². The van der Waals surface area contributed by atoms with Crippen LogP contribution in [-0.4, -0.2) is 14.6 Å². The molecule has 0 fully saturated rings. The van der Waals surface area contributed by atoms with Gasteiger partial charge in [-0.15, -0.1) is 0 Å². The molecular formula is C18H14N4. The molecule has 22 heavy (non-hydrogen) atoms. The van der Waals surface area contributed by atoms with Gasteiger partial charge < -0.3 is 5.73 Å². The molecule has 0 amide bonds. The molecule has 0 aliphatic rings. The molecule has 2 N–H and O–H groups in total. The van der Waals surface area contributed by atoms with Crippen LogP contribution < -0.4 is 5.73 Å². The van der Waals surface area contributed by atoms with Gasteiger partial charge in [0.1, 0.15) is 11.2 Å². The van der Waals surface area contributed by atoms with Crippen molar-refractivity contribution in [3.8, 4) is 22.4 Å². The van der Waals surface area contributed by atoms with E-state index < -0.39 is 0 Å². The Balaban J connectivity index is 2.07. The number of hydrogen-bond acceptors (Lipinski definition) is 3. The Morgan fingerprint density at radius 1 is 0.773 bits per heavy atom. The van der Waals surface area contributed by atoms with E-state index >= 15 is 0 Å².